The van der Waals surface area contributed by atoms with Gasteiger partial charge in [0.2, 0.25) is 0 Å². The average molecular weight is 481 g/mol. The molecular weight excluding hydrogens is 462 g/mol. The Morgan fingerprint density at radius 3 is 2.41 bits per heavy atom. The fourth-order valence-electron chi connectivity index (χ4n) is 3.54. The number of carbonyl (C=O) groups excluding carboxylic acids is 1. The summed E-state index contributed by atoms with van der Waals surface area (Å²) in [4.78, 5) is 16.0. The second-order valence-electron chi connectivity index (χ2n) is 7.12. The number of alkyl halides is 6. The number of benzene rings is 1. The zero-order valence-corrected chi connectivity index (χ0v) is 17.8. The molecule has 1 N–H and O–H groups in total. The van der Waals surface area contributed by atoms with Gasteiger partial charge in [-0.2, -0.15) is 26.3 Å². The van der Waals surface area contributed by atoms with Gasteiger partial charge >= 0.3 is 18.3 Å². The first-order valence-electron chi connectivity index (χ1n) is 9.40. The van der Waals surface area contributed by atoms with E-state index >= 15 is 0 Å². The lowest BCUT2D eigenvalue weighted by Gasteiger charge is -2.31. The monoisotopic (exact) mass is 480 g/mol. The summed E-state index contributed by atoms with van der Waals surface area (Å²) in [6.07, 6.45) is -10.5. The van der Waals surface area contributed by atoms with E-state index in [1.165, 1.54) is 13.0 Å². The third-order valence-electron chi connectivity index (χ3n) is 4.90. The van der Waals surface area contributed by atoms with Gasteiger partial charge in [0, 0.05) is 22.8 Å². The molecule has 0 saturated heterocycles. The molecule has 2 rings (SSSR count). The number of allylic oxidation sites excluding steroid dienone is 3. The quantitative estimate of drug-likeness (QED) is 0.212. The second-order valence-corrected chi connectivity index (χ2v) is 7.55. The summed E-state index contributed by atoms with van der Waals surface area (Å²) >= 11 is 5.76. The van der Waals surface area contributed by atoms with E-state index in [2.05, 4.69) is 10.2 Å². The standard InChI is InChI=1S/C21H19ClF6N2O2/c1-11-18(29-2)16(13-8-7-12(22)10-14(13)21(26,27)28)17(19(31)32-3)15(30-11)6-4-5-9-20(23,24)25/h7-8,10,16,30H,4-6,9H2,1,3H3. The first kappa shape index (κ1) is 25.6. The molecule has 0 spiro atoms. The van der Waals surface area contributed by atoms with E-state index in [9.17, 15) is 31.1 Å². The molecule has 0 amide bonds. The molecule has 0 aromatic heterocycles. The van der Waals surface area contributed by atoms with Crippen LogP contribution in [0.3, 0.4) is 0 Å². The van der Waals surface area contributed by atoms with Crippen molar-refractivity contribution in [3.8, 4) is 0 Å². The number of esters is 1. The Morgan fingerprint density at radius 2 is 1.88 bits per heavy atom. The molecule has 32 heavy (non-hydrogen) atoms. The summed E-state index contributed by atoms with van der Waals surface area (Å²) in [7, 11) is 1.03. The fraction of sp³-hybridized carbons (Fsp3) is 0.429. The number of methoxy groups -OCH3 is 1. The summed E-state index contributed by atoms with van der Waals surface area (Å²) in [5.74, 6) is -2.40. The van der Waals surface area contributed by atoms with E-state index in [0.29, 0.717) is 6.07 Å². The number of ether oxygens (including phenoxy) is 1. The van der Waals surface area contributed by atoms with E-state index in [-0.39, 0.29) is 52.5 Å². The zero-order chi connectivity index (χ0) is 24.3. The van der Waals surface area contributed by atoms with Crippen LogP contribution in [-0.4, -0.2) is 19.3 Å². The molecule has 4 nitrogen and oxygen atoms in total. The molecule has 0 aliphatic carbocycles. The molecule has 174 valence electrons. The third kappa shape index (κ3) is 5.97. The number of hydrogen-bond acceptors (Lipinski definition) is 3. The third-order valence-corrected chi connectivity index (χ3v) is 5.14. The summed E-state index contributed by atoms with van der Waals surface area (Å²) in [6, 6.07) is 3.00. The van der Waals surface area contributed by atoms with Crippen LogP contribution < -0.4 is 5.32 Å². The summed E-state index contributed by atoms with van der Waals surface area (Å²) in [6.45, 7) is 8.94. The SMILES string of the molecule is [C-]#[N+]C1=C(C)NC(CCCCC(F)(F)F)=C(C(=O)OC)C1c1ccc(Cl)cc1C(F)(F)F. The normalized spacial score (nSPS) is 17.2. The Morgan fingerprint density at radius 1 is 1.22 bits per heavy atom. The zero-order valence-electron chi connectivity index (χ0n) is 17.0. The number of unbranched alkanes of at least 4 members (excludes halogenated alkanes) is 1. The van der Waals surface area contributed by atoms with Crippen LogP contribution in [0.25, 0.3) is 4.85 Å². The fourth-order valence-corrected chi connectivity index (χ4v) is 3.71. The molecule has 1 aromatic carbocycles. The lowest BCUT2D eigenvalue weighted by molar-refractivity contribution is -0.139. The molecule has 11 heteroatoms. The van der Waals surface area contributed by atoms with Gasteiger partial charge in [0.15, 0.2) is 5.70 Å². The van der Waals surface area contributed by atoms with Crippen LogP contribution in [0.2, 0.25) is 5.02 Å². The largest absolute Gasteiger partial charge is 0.466 e. The van der Waals surface area contributed by atoms with Crippen molar-refractivity contribution in [3.05, 3.63) is 68.4 Å². The number of halogens is 7. The van der Waals surface area contributed by atoms with Crippen LogP contribution in [0.1, 0.15) is 49.7 Å². The van der Waals surface area contributed by atoms with Crippen molar-refractivity contribution >= 4 is 17.6 Å². The van der Waals surface area contributed by atoms with Crippen molar-refractivity contribution in [1.29, 1.82) is 0 Å². The highest BCUT2D eigenvalue weighted by atomic mass is 35.5. The molecule has 0 radical (unpaired) electrons. The maximum absolute atomic E-state index is 13.8. The van der Waals surface area contributed by atoms with Gasteiger partial charge in [-0.3, -0.25) is 0 Å². The van der Waals surface area contributed by atoms with Crippen molar-refractivity contribution in [2.75, 3.05) is 7.11 Å². The van der Waals surface area contributed by atoms with E-state index in [0.717, 1.165) is 13.2 Å². The number of dihydropyridines is 1. The van der Waals surface area contributed by atoms with Crippen LogP contribution >= 0.6 is 11.6 Å². The Balaban J connectivity index is 2.63. The van der Waals surface area contributed by atoms with Crippen LogP contribution in [-0.2, 0) is 15.7 Å². The Bertz CT molecular complexity index is 989. The molecule has 1 atom stereocenters. The molecule has 0 saturated carbocycles. The Hall–Kier alpha value is -2.67. The highest BCUT2D eigenvalue weighted by molar-refractivity contribution is 6.30. The molecule has 1 heterocycles. The Labute approximate surface area is 185 Å². The van der Waals surface area contributed by atoms with Crippen LogP contribution in [0.4, 0.5) is 26.3 Å². The summed E-state index contributed by atoms with van der Waals surface area (Å²) in [5.41, 5.74) is -1.57. The first-order chi connectivity index (χ1) is 14.8. The van der Waals surface area contributed by atoms with Crippen molar-refractivity contribution in [2.45, 2.75) is 50.9 Å². The molecular formula is C21H19ClF6N2O2. The van der Waals surface area contributed by atoms with E-state index in [4.69, 9.17) is 22.9 Å². The lowest BCUT2D eigenvalue weighted by atomic mass is 9.81. The molecule has 1 unspecified atom stereocenters. The minimum atomic E-state index is -4.83. The maximum Gasteiger partial charge on any atom is 0.416 e. The van der Waals surface area contributed by atoms with E-state index < -0.39 is 36.2 Å². The van der Waals surface area contributed by atoms with Gasteiger partial charge in [0.25, 0.3) is 0 Å². The van der Waals surface area contributed by atoms with Crippen molar-refractivity contribution in [2.24, 2.45) is 0 Å². The first-order valence-corrected chi connectivity index (χ1v) is 9.78. The number of hydrogen-bond donors (Lipinski definition) is 1. The molecule has 0 fully saturated rings. The van der Waals surface area contributed by atoms with Crippen LogP contribution in [0.15, 0.2) is 40.9 Å². The van der Waals surface area contributed by atoms with E-state index in [1.54, 1.807) is 0 Å². The number of rotatable bonds is 6. The highest BCUT2D eigenvalue weighted by Gasteiger charge is 2.42. The minimum Gasteiger partial charge on any atom is -0.466 e. The second kappa shape index (κ2) is 9.86. The van der Waals surface area contributed by atoms with Gasteiger partial charge in [-0.15, -0.1) is 0 Å². The molecule has 0 bridgehead atoms. The summed E-state index contributed by atoms with van der Waals surface area (Å²) < 4.78 is 83.4. The number of carbonyl (C=O) groups is 1. The smallest absolute Gasteiger partial charge is 0.416 e. The maximum atomic E-state index is 13.8. The van der Waals surface area contributed by atoms with Crippen LogP contribution in [0, 0.1) is 6.57 Å². The van der Waals surface area contributed by atoms with Gasteiger partial charge in [0.1, 0.15) is 0 Å². The lowest BCUT2D eigenvalue weighted by Crippen LogP contribution is -2.30. The predicted molar refractivity (Wildman–Crippen MR) is 105 cm³/mol. The van der Waals surface area contributed by atoms with Gasteiger partial charge in [-0.1, -0.05) is 17.7 Å². The molecule has 1 aliphatic heterocycles. The highest BCUT2D eigenvalue weighted by Crippen LogP contribution is 2.45. The number of nitrogens with one attached hydrogen (secondary N) is 1. The topological polar surface area (TPSA) is 42.7 Å². The van der Waals surface area contributed by atoms with Gasteiger partial charge in [-0.05, 0) is 43.9 Å². The average Bonchev–Trinajstić information content (AvgIpc) is 2.68. The van der Waals surface area contributed by atoms with Crippen molar-refractivity contribution in [1.82, 2.24) is 5.32 Å². The minimum absolute atomic E-state index is 0.0163. The van der Waals surface area contributed by atoms with Crippen LogP contribution in [0.5, 0.6) is 0 Å². The predicted octanol–water partition coefficient (Wildman–Crippen LogP) is 6.75. The summed E-state index contributed by atoms with van der Waals surface area (Å²) in [5, 5.41) is 2.62. The van der Waals surface area contributed by atoms with Gasteiger partial charge in [-0.25, -0.2) is 9.64 Å². The van der Waals surface area contributed by atoms with E-state index in [1.807, 2.05) is 0 Å². The molecule has 1 aromatic rings. The molecule has 1 aliphatic rings. The van der Waals surface area contributed by atoms with Gasteiger partial charge < -0.3 is 10.1 Å². The van der Waals surface area contributed by atoms with Crippen molar-refractivity contribution in [3.63, 3.8) is 0 Å². The Kier molecular flexibility index (Phi) is 7.88. The number of nitrogens with zero attached hydrogens (tertiary/aromatic N) is 1. The van der Waals surface area contributed by atoms with Crippen molar-refractivity contribution < 1.29 is 35.9 Å². The van der Waals surface area contributed by atoms with Gasteiger partial charge in [0.05, 0.1) is 30.7 Å².